The molecule has 3 heterocycles. The third-order valence-corrected chi connectivity index (χ3v) is 6.25. The summed E-state index contributed by atoms with van der Waals surface area (Å²) in [6, 6.07) is 3.05. The van der Waals surface area contributed by atoms with E-state index in [-0.39, 0.29) is 29.3 Å². The topological polar surface area (TPSA) is 92.9 Å². The third-order valence-electron chi connectivity index (χ3n) is 6.25. The quantitative estimate of drug-likeness (QED) is 0.743. The van der Waals surface area contributed by atoms with Gasteiger partial charge in [-0.3, -0.25) is 0 Å². The van der Waals surface area contributed by atoms with Gasteiger partial charge in [-0.1, -0.05) is 11.2 Å². The molecule has 1 aromatic carbocycles. The number of carbonyl (C=O) groups excluding carboxylic acids is 1. The molecule has 3 atom stereocenters. The number of aromatic nitrogens is 1. The van der Waals surface area contributed by atoms with Crippen LogP contribution in [-0.2, 0) is 4.74 Å². The maximum atomic E-state index is 14.4. The Bertz CT molecular complexity index is 985. The van der Waals surface area contributed by atoms with Crippen molar-refractivity contribution in [3.63, 3.8) is 0 Å². The second-order valence-corrected chi connectivity index (χ2v) is 8.21. The third kappa shape index (κ3) is 3.12. The van der Waals surface area contributed by atoms with Gasteiger partial charge in [0.1, 0.15) is 29.0 Å². The number of rotatable bonds is 4. The van der Waals surface area contributed by atoms with Crippen molar-refractivity contribution in [3.05, 3.63) is 41.2 Å². The first-order valence-corrected chi connectivity index (χ1v) is 10.1. The van der Waals surface area contributed by atoms with Gasteiger partial charge in [0, 0.05) is 30.8 Å². The first-order chi connectivity index (χ1) is 14.4. The fourth-order valence-electron chi connectivity index (χ4n) is 4.76. The summed E-state index contributed by atoms with van der Waals surface area (Å²) in [5.41, 5.74) is -0.640. The van der Waals surface area contributed by atoms with Gasteiger partial charge in [0.2, 0.25) is 0 Å². The Balaban J connectivity index is 1.44. The van der Waals surface area contributed by atoms with E-state index in [9.17, 15) is 23.5 Å². The highest BCUT2D eigenvalue weighted by atomic mass is 19.1. The molecule has 158 valence electrons. The second kappa shape index (κ2) is 7.07. The van der Waals surface area contributed by atoms with Crippen molar-refractivity contribution in [2.24, 2.45) is 0 Å². The normalized spacial score (nSPS) is 25.4. The van der Waals surface area contributed by atoms with Crippen LogP contribution in [0.15, 0.2) is 22.7 Å². The summed E-state index contributed by atoms with van der Waals surface area (Å²) >= 11 is 0. The molecule has 2 bridgehead atoms. The molecular weight excluding hydrogens is 398 g/mol. The van der Waals surface area contributed by atoms with Crippen molar-refractivity contribution in [1.29, 1.82) is 0 Å². The number of halogens is 2. The van der Waals surface area contributed by atoms with Crippen molar-refractivity contribution in [2.45, 2.75) is 62.6 Å². The van der Waals surface area contributed by atoms with E-state index in [0.717, 1.165) is 37.8 Å². The molecule has 1 aromatic heterocycles. The van der Waals surface area contributed by atoms with Crippen LogP contribution in [0.1, 0.15) is 60.6 Å². The minimum atomic E-state index is -0.959. The fraction of sp³-hybridized carbons (Fsp3) is 0.476. The molecule has 0 radical (unpaired) electrons. The van der Waals surface area contributed by atoms with Crippen molar-refractivity contribution >= 4 is 12.1 Å². The standard InChI is InChI=1S/C21H20F2N2O5/c22-14-2-1-3-15(23)16(14)18-17(19(30-24-18)10-4-5-10)20(26)29-13-8-11-6-7-12(9-13)25(11)21(27)28/h1-3,10-13H,4-9H2,(H,27,28)/t11-,12+,13-. The summed E-state index contributed by atoms with van der Waals surface area (Å²) in [7, 11) is 0. The van der Waals surface area contributed by atoms with Gasteiger partial charge in [-0.2, -0.15) is 0 Å². The van der Waals surface area contributed by atoms with Gasteiger partial charge in [-0.25, -0.2) is 18.4 Å². The lowest BCUT2D eigenvalue weighted by molar-refractivity contribution is -0.00218. The van der Waals surface area contributed by atoms with E-state index in [1.54, 1.807) is 0 Å². The number of carboxylic acid groups (broad SMARTS) is 1. The van der Waals surface area contributed by atoms with E-state index < -0.39 is 35.4 Å². The summed E-state index contributed by atoms with van der Waals surface area (Å²) in [4.78, 5) is 26.0. The van der Waals surface area contributed by atoms with Gasteiger partial charge < -0.3 is 19.3 Å². The molecule has 5 rings (SSSR count). The van der Waals surface area contributed by atoms with Gasteiger partial charge in [-0.15, -0.1) is 0 Å². The largest absolute Gasteiger partial charge is 0.465 e. The number of hydrogen-bond donors (Lipinski definition) is 1. The maximum Gasteiger partial charge on any atom is 0.407 e. The zero-order valence-corrected chi connectivity index (χ0v) is 16.0. The number of hydrogen-bond acceptors (Lipinski definition) is 5. The predicted molar refractivity (Wildman–Crippen MR) is 98.9 cm³/mol. The van der Waals surface area contributed by atoms with Crippen LogP contribution in [0.25, 0.3) is 11.3 Å². The van der Waals surface area contributed by atoms with E-state index in [2.05, 4.69) is 5.16 Å². The smallest absolute Gasteiger partial charge is 0.407 e. The van der Waals surface area contributed by atoms with Gasteiger partial charge in [0.25, 0.3) is 0 Å². The number of nitrogens with zero attached hydrogens (tertiary/aromatic N) is 2. The maximum absolute atomic E-state index is 14.4. The Labute approximate surface area is 170 Å². The van der Waals surface area contributed by atoms with Crippen LogP contribution < -0.4 is 0 Å². The van der Waals surface area contributed by atoms with Crippen LogP contribution in [0.4, 0.5) is 13.6 Å². The van der Waals surface area contributed by atoms with Crippen molar-refractivity contribution in [1.82, 2.24) is 10.1 Å². The molecule has 1 aliphatic carbocycles. The highest BCUT2D eigenvalue weighted by molar-refractivity contribution is 5.97. The number of carbonyl (C=O) groups is 2. The zero-order chi connectivity index (χ0) is 21.0. The molecule has 2 saturated heterocycles. The molecule has 30 heavy (non-hydrogen) atoms. The Kier molecular flexibility index (Phi) is 4.48. The number of ether oxygens (including phenoxy) is 1. The summed E-state index contributed by atoms with van der Waals surface area (Å²) in [5.74, 6) is -2.14. The second-order valence-electron chi connectivity index (χ2n) is 8.21. The fourth-order valence-corrected chi connectivity index (χ4v) is 4.76. The molecule has 1 saturated carbocycles. The number of benzene rings is 1. The molecule has 3 aliphatic rings. The Morgan fingerprint density at radius 2 is 1.73 bits per heavy atom. The lowest BCUT2D eigenvalue weighted by atomic mass is 9.99. The number of amides is 1. The Morgan fingerprint density at radius 1 is 1.10 bits per heavy atom. The van der Waals surface area contributed by atoms with Crippen LogP contribution in [-0.4, -0.2) is 45.4 Å². The minimum absolute atomic E-state index is 0.0197. The Hall–Kier alpha value is -2.97. The van der Waals surface area contributed by atoms with E-state index in [1.165, 1.54) is 11.0 Å². The summed E-state index contributed by atoms with van der Waals surface area (Å²) in [6.07, 6.45) is 2.45. The van der Waals surface area contributed by atoms with Crippen LogP contribution in [0.2, 0.25) is 0 Å². The zero-order valence-electron chi connectivity index (χ0n) is 16.0. The minimum Gasteiger partial charge on any atom is -0.465 e. The molecule has 2 aromatic rings. The molecule has 3 fully saturated rings. The molecule has 9 heteroatoms. The van der Waals surface area contributed by atoms with Gasteiger partial charge in [-0.05, 0) is 37.8 Å². The molecule has 7 nitrogen and oxygen atoms in total. The van der Waals surface area contributed by atoms with Gasteiger partial charge >= 0.3 is 12.1 Å². The van der Waals surface area contributed by atoms with Crippen molar-refractivity contribution in [2.75, 3.05) is 0 Å². The van der Waals surface area contributed by atoms with E-state index in [1.807, 2.05) is 0 Å². The molecule has 0 spiro atoms. The summed E-state index contributed by atoms with van der Waals surface area (Å²) in [6.45, 7) is 0. The lowest BCUT2D eigenvalue weighted by Crippen LogP contribution is -2.48. The Morgan fingerprint density at radius 3 is 2.30 bits per heavy atom. The molecule has 0 unspecified atom stereocenters. The number of fused-ring (bicyclic) bond motifs is 2. The highest BCUT2D eigenvalue weighted by Crippen LogP contribution is 2.45. The molecule has 1 amide bonds. The molecule has 2 aliphatic heterocycles. The van der Waals surface area contributed by atoms with E-state index in [4.69, 9.17) is 9.26 Å². The van der Waals surface area contributed by atoms with Gasteiger partial charge in [0.05, 0.1) is 5.56 Å². The van der Waals surface area contributed by atoms with Crippen LogP contribution in [0.3, 0.4) is 0 Å². The van der Waals surface area contributed by atoms with E-state index in [0.29, 0.717) is 18.6 Å². The highest BCUT2D eigenvalue weighted by Gasteiger charge is 2.45. The number of piperidine rings is 1. The summed E-state index contributed by atoms with van der Waals surface area (Å²) in [5, 5.41) is 13.2. The first-order valence-electron chi connectivity index (χ1n) is 10.1. The average Bonchev–Trinajstić information content (AvgIpc) is 3.38. The number of esters is 1. The van der Waals surface area contributed by atoms with E-state index >= 15 is 0 Å². The SMILES string of the molecule is O=C(O[C@@H]1C[C@H]2CC[C@@H](C1)N2C(=O)O)c1c(-c2c(F)cccc2F)noc1C1CC1. The summed E-state index contributed by atoms with van der Waals surface area (Å²) < 4.78 is 39.7. The molecular formula is C21H20F2N2O5. The van der Waals surface area contributed by atoms with Gasteiger partial charge in [0.15, 0.2) is 5.76 Å². The van der Waals surface area contributed by atoms with Crippen LogP contribution in [0, 0.1) is 11.6 Å². The van der Waals surface area contributed by atoms with Crippen molar-refractivity contribution in [3.8, 4) is 11.3 Å². The van der Waals surface area contributed by atoms with Crippen LogP contribution >= 0.6 is 0 Å². The average molecular weight is 418 g/mol. The predicted octanol–water partition coefficient (Wildman–Crippen LogP) is 4.33. The van der Waals surface area contributed by atoms with Crippen molar-refractivity contribution < 1.29 is 32.7 Å². The first kappa shape index (κ1) is 19.0. The van der Waals surface area contributed by atoms with Crippen LogP contribution in [0.5, 0.6) is 0 Å². The monoisotopic (exact) mass is 418 g/mol. The molecule has 1 N–H and O–H groups in total. The lowest BCUT2D eigenvalue weighted by Gasteiger charge is -2.36.